The van der Waals surface area contributed by atoms with Crippen LogP contribution in [0.25, 0.3) is 0 Å². The van der Waals surface area contributed by atoms with Gasteiger partial charge in [0, 0.05) is 12.2 Å². The summed E-state index contributed by atoms with van der Waals surface area (Å²) in [5, 5.41) is 3.23. The second kappa shape index (κ2) is 6.78. The van der Waals surface area contributed by atoms with Gasteiger partial charge in [-0.2, -0.15) is 0 Å². The van der Waals surface area contributed by atoms with Crippen LogP contribution < -0.4 is 5.32 Å². The van der Waals surface area contributed by atoms with Gasteiger partial charge in [-0.05, 0) is 43.2 Å². The summed E-state index contributed by atoms with van der Waals surface area (Å²) in [6.45, 7) is 5.20. The fourth-order valence-corrected chi connectivity index (χ4v) is 2.60. The number of nitrogens with one attached hydrogen (secondary N) is 1. The summed E-state index contributed by atoms with van der Waals surface area (Å²) in [6.07, 6.45) is 4.86. The Balaban J connectivity index is 1.64. The molecule has 2 rings (SSSR count). The van der Waals surface area contributed by atoms with Crippen LogP contribution in [0.1, 0.15) is 46.0 Å². The van der Waals surface area contributed by atoms with Crippen LogP contribution in [-0.2, 0) is 9.53 Å². The predicted octanol–water partition coefficient (Wildman–Crippen LogP) is 4.00. The predicted molar refractivity (Wildman–Crippen MR) is 81.7 cm³/mol. The van der Waals surface area contributed by atoms with E-state index in [2.05, 4.69) is 19.2 Å². The highest BCUT2D eigenvalue weighted by molar-refractivity contribution is 5.70. The van der Waals surface area contributed by atoms with Gasteiger partial charge in [0.1, 0.15) is 6.10 Å². The Bertz CT molecular complexity index is 418. The van der Waals surface area contributed by atoms with Gasteiger partial charge < -0.3 is 10.1 Å². The molecule has 0 atom stereocenters. The van der Waals surface area contributed by atoms with E-state index in [1.54, 1.807) is 0 Å². The van der Waals surface area contributed by atoms with Crippen molar-refractivity contribution in [1.29, 1.82) is 0 Å². The summed E-state index contributed by atoms with van der Waals surface area (Å²) in [4.78, 5) is 11.8. The third-order valence-corrected chi connectivity index (χ3v) is 4.02. The zero-order valence-electron chi connectivity index (χ0n) is 12.5. The average molecular weight is 275 g/mol. The van der Waals surface area contributed by atoms with Crippen molar-refractivity contribution in [2.75, 3.05) is 11.9 Å². The van der Waals surface area contributed by atoms with Gasteiger partial charge in [-0.15, -0.1) is 0 Å². The lowest BCUT2D eigenvalue weighted by molar-refractivity contribution is -0.151. The molecule has 1 N–H and O–H groups in total. The molecular weight excluding hydrogens is 250 g/mol. The molecule has 0 aliphatic heterocycles. The number of carbonyl (C=O) groups is 1. The van der Waals surface area contributed by atoms with E-state index in [1.807, 2.05) is 30.3 Å². The summed E-state index contributed by atoms with van der Waals surface area (Å²) in [5.74, 6) is -0.0851. The number of anilines is 1. The zero-order valence-corrected chi connectivity index (χ0v) is 12.5. The first-order valence-corrected chi connectivity index (χ1v) is 7.54. The molecule has 1 aliphatic carbocycles. The Hall–Kier alpha value is -1.51. The molecule has 0 spiro atoms. The standard InChI is InChI=1S/C17H25NO2/c1-17(2)11-8-15(9-12-17)20-16(19)10-13-18-14-6-4-3-5-7-14/h3-7,15,18H,8-13H2,1-2H3. The van der Waals surface area contributed by atoms with Crippen LogP contribution in [-0.4, -0.2) is 18.6 Å². The van der Waals surface area contributed by atoms with Gasteiger partial charge in [0.05, 0.1) is 6.42 Å². The van der Waals surface area contributed by atoms with Gasteiger partial charge >= 0.3 is 5.97 Å². The van der Waals surface area contributed by atoms with Gasteiger partial charge in [0.2, 0.25) is 0 Å². The van der Waals surface area contributed by atoms with Crippen molar-refractivity contribution >= 4 is 11.7 Å². The molecule has 20 heavy (non-hydrogen) atoms. The molecule has 1 aliphatic rings. The molecule has 0 bridgehead atoms. The Morgan fingerprint density at radius 3 is 2.55 bits per heavy atom. The number of para-hydroxylation sites is 1. The molecule has 0 saturated heterocycles. The van der Waals surface area contributed by atoms with Gasteiger partial charge in [-0.1, -0.05) is 32.0 Å². The van der Waals surface area contributed by atoms with Crippen molar-refractivity contribution in [3.05, 3.63) is 30.3 Å². The van der Waals surface area contributed by atoms with E-state index in [1.165, 1.54) is 0 Å². The summed E-state index contributed by atoms with van der Waals surface area (Å²) in [5.41, 5.74) is 1.46. The highest BCUT2D eigenvalue weighted by Gasteiger charge is 2.28. The topological polar surface area (TPSA) is 38.3 Å². The molecule has 1 aromatic carbocycles. The number of carbonyl (C=O) groups excluding carboxylic acids is 1. The first-order chi connectivity index (χ1) is 9.55. The minimum absolute atomic E-state index is 0.0851. The molecular formula is C17H25NO2. The average Bonchev–Trinajstić information content (AvgIpc) is 2.42. The number of hydrogen-bond donors (Lipinski definition) is 1. The van der Waals surface area contributed by atoms with Crippen LogP contribution in [0.2, 0.25) is 0 Å². The molecule has 0 radical (unpaired) electrons. The maximum Gasteiger partial charge on any atom is 0.307 e. The maximum atomic E-state index is 11.8. The Kier molecular flexibility index (Phi) is 5.05. The van der Waals surface area contributed by atoms with E-state index in [-0.39, 0.29) is 12.1 Å². The monoisotopic (exact) mass is 275 g/mol. The quantitative estimate of drug-likeness (QED) is 0.825. The van der Waals surface area contributed by atoms with Gasteiger partial charge in [-0.3, -0.25) is 4.79 Å². The third-order valence-electron chi connectivity index (χ3n) is 4.02. The van der Waals surface area contributed by atoms with Gasteiger partial charge in [0.15, 0.2) is 0 Å². The van der Waals surface area contributed by atoms with Crippen LogP contribution in [0.4, 0.5) is 5.69 Å². The normalized spacial score (nSPS) is 18.5. The van der Waals surface area contributed by atoms with E-state index in [9.17, 15) is 4.79 Å². The molecule has 1 aromatic rings. The maximum absolute atomic E-state index is 11.8. The van der Waals surface area contributed by atoms with Crippen molar-refractivity contribution in [3.8, 4) is 0 Å². The molecule has 0 aromatic heterocycles. The Labute approximate surface area is 121 Å². The largest absolute Gasteiger partial charge is 0.462 e. The molecule has 1 fully saturated rings. The van der Waals surface area contributed by atoms with Crippen molar-refractivity contribution in [2.24, 2.45) is 5.41 Å². The zero-order chi connectivity index (χ0) is 14.4. The van der Waals surface area contributed by atoms with E-state index >= 15 is 0 Å². The molecule has 3 heteroatoms. The van der Waals surface area contributed by atoms with E-state index in [0.29, 0.717) is 18.4 Å². The summed E-state index contributed by atoms with van der Waals surface area (Å²) < 4.78 is 5.54. The van der Waals surface area contributed by atoms with Crippen molar-refractivity contribution in [1.82, 2.24) is 0 Å². The van der Waals surface area contributed by atoms with Crippen LogP contribution in [0, 0.1) is 5.41 Å². The molecule has 3 nitrogen and oxygen atoms in total. The second-order valence-electron chi connectivity index (χ2n) is 6.40. The molecule has 0 heterocycles. The van der Waals surface area contributed by atoms with E-state index in [0.717, 1.165) is 31.4 Å². The first-order valence-electron chi connectivity index (χ1n) is 7.54. The molecule has 1 saturated carbocycles. The van der Waals surface area contributed by atoms with Crippen LogP contribution in [0.15, 0.2) is 30.3 Å². The molecule has 0 amide bonds. The number of esters is 1. The number of rotatable bonds is 5. The second-order valence-corrected chi connectivity index (χ2v) is 6.40. The van der Waals surface area contributed by atoms with Gasteiger partial charge in [-0.25, -0.2) is 0 Å². The van der Waals surface area contributed by atoms with E-state index < -0.39 is 0 Å². The first kappa shape index (κ1) is 14.9. The number of ether oxygens (including phenoxy) is 1. The number of benzene rings is 1. The molecule has 110 valence electrons. The Morgan fingerprint density at radius 1 is 1.25 bits per heavy atom. The summed E-state index contributed by atoms with van der Waals surface area (Å²) in [7, 11) is 0. The van der Waals surface area contributed by atoms with Crippen LogP contribution in [0.5, 0.6) is 0 Å². The van der Waals surface area contributed by atoms with Gasteiger partial charge in [0.25, 0.3) is 0 Å². The summed E-state index contributed by atoms with van der Waals surface area (Å²) >= 11 is 0. The van der Waals surface area contributed by atoms with Crippen molar-refractivity contribution < 1.29 is 9.53 Å². The highest BCUT2D eigenvalue weighted by Crippen LogP contribution is 2.36. The lowest BCUT2D eigenvalue weighted by Gasteiger charge is -2.33. The SMILES string of the molecule is CC1(C)CCC(OC(=O)CCNc2ccccc2)CC1. The fourth-order valence-electron chi connectivity index (χ4n) is 2.60. The Morgan fingerprint density at radius 2 is 1.90 bits per heavy atom. The fraction of sp³-hybridized carbons (Fsp3) is 0.588. The minimum Gasteiger partial charge on any atom is -0.462 e. The third kappa shape index (κ3) is 4.87. The van der Waals surface area contributed by atoms with Crippen LogP contribution in [0.3, 0.4) is 0 Å². The van der Waals surface area contributed by atoms with E-state index in [4.69, 9.17) is 4.74 Å². The lowest BCUT2D eigenvalue weighted by Crippen LogP contribution is -2.28. The van der Waals surface area contributed by atoms with Crippen LogP contribution >= 0.6 is 0 Å². The summed E-state index contributed by atoms with van der Waals surface area (Å²) in [6, 6.07) is 9.92. The lowest BCUT2D eigenvalue weighted by atomic mass is 9.76. The van der Waals surface area contributed by atoms with Crippen molar-refractivity contribution in [3.63, 3.8) is 0 Å². The highest BCUT2D eigenvalue weighted by atomic mass is 16.5. The number of hydrogen-bond acceptors (Lipinski definition) is 3. The molecule has 0 unspecified atom stereocenters. The van der Waals surface area contributed by atoms with Crippen molar-refractivity contribution in [2.45, 2.75) is 52.1 Å². The minimum atomic E-state index is -0.0851. The smallest absolute Gasteiger partial charge is 0.307 e.